The molecule has 1 aromatic rings. The summed E-state index contributed by atoms with van der Waals surface area (Å²) in [6.07, 6.45) is 4.64. The van der Waals surface area contributed by atoms with Crippen LogP contribution < -0.4 is 0 Å². The van der Waals surface area contributed by atoms with E-state index in [0.29, 0.717) is 17.7 Å². The summed E-state index contributed by atoms with van der Waals surface area (Å²) in [7, 11) is 0. The molecule has 1 fully saturated rings. The van der Waals surface area contributed by atoms with Gasteiger partial charge in [0.15, 0.2) is 0 Å². The number of piperidine rings is 1. The van der Waals surface area contributed by atoms with Gasteiger partial charge in [0.1, 0.15) is 5.75 Å². The number of likely N-dealkylation sites (tertiary alicyclic amines) is 1. The fourth-order valence-corrected chi connectivity index (χ4v) is 4.78. The Kier molecular flexibility index (Phi) is 4.32. The summed E-state index contributed by atoms with van der Waals surface area (Å²) < 4.78 is 0.975. The molecule has 1 heterocycles. The number of benzene rings is 1. The van der Waals surface area contributed by atoms with Crippen molar-refractivity contribution in [2.24, 2.45) is 5.92 Å². The van der Waals surface area contributed by atoms with Crippen molar-refractivity contribution in [2.75, 3.05) is 13.1 Å². The van der Waals surface area contributed by atoms with Gasteiger partial charge in [-0.2, -0.15) is 0 Å². The molecule has 3 atom stereocenters. The fraction of sp³-hybridized carbons (Fsp3) is 0.579. The smallest absolute Gasteiger partial charge is 0.129 e. The first kappa shape index (κ1) is 16.3. The van der Waals surface area contributed by atoms with Crippen molar-refractivity contribution in [3.8, 4) is 5.75 Å². The summed E-state index contributed by atoms with van der Waals surface area (Å²) >= 11 is 2.24. The summed E-state index contributed by atoms with van der Waals surface area (Å²) in [6, 6.07) is 4.85. The molecule has 0 aromatic heterocycles. The van der Waals surface area contributed by atoms with E-state index < -0.39 is 0 Å². The Morgan fingerprint density at radius 2 is 2.18 bits per heavy atom. The molecule has 1 saturated heterocycles. The van der Waals surface area contributed by atoms with E-state index in [1.54, 1.807) is 0 Å². The van der Waals surface area contributed by atoms with Gasteiger partial charge < -0.3 is 5.11 Å². The fourth-order valence-electron chi connectivity index (χ4n) is 4.25. The van der Waals surface area contributed by atoms with Gasteiger partial charge >= 0.3 is 0 Å². The Balaban J connectivity index is 1.99. The van der Waals surface area contributed by atoms with Crippen LogP contribution in [0.4, 0.5) is 0 Å². The van der Waals surface area contributed by atoms with E-state index in [1.165, 1.54) is 23.1 Å². The normalized spacial score (nSPS) is 30.8. The number of hydrogen-bond donors (Lipinski definition) is 1. The van der Waals surface area contributed by atoms with Crippen molar-refractivity contribution < 1.29 is 5.11 Å². The molecular weight excluding hydrogens is 385 g/mol. The third-order valence-corrected chi connectivity index (χ3v) is 6.78. The number of halogens is 1. The van der Waals surface area contributed by atoms with E-state index in [-0.39, 0.29) is 5.41 Å². The lowest BCUT2D eigenvalue weighted by atomic mass is 9.59. The summed E-state index contributed by atoms with van der Waals surface area (Å²) in [5.74, 6) is 1.07. The molecule has 3 rings (SSSR count). The third-order valence-electron chi connectivity index (χ3n) is 5.92. The highest BCUT2D eigenvalue weighted by Gasteiger charge is 2.48. The second kappa shape index (κ2) is 5.82. The van der Waals surface area contributed by atoms with Gasteiger partial charge in [0.2, 0.25) is 0 Å². The standard InChI is InChI=1S/C19H26INO/c1-12(2)5-7-21-8-6-19(4)13(3)17(21)10-14-9-16(20)18(22)11-15(14)19/h5,9,11,13,17,22H,6-8,10H2,1-4H3/t13-,17+,19+/m1/s1. The maximum Gasteiger partial charge on any atom is 0.129 e. The second-order valence-electron chi connectivity index (χ2n) is 7.46. The van der Waals surface area contributed by atoms with E-state index in [0.717, 1.165) is 23.1 Å². The van der Waals surface area contributed by atoms with Gasteiger partial charge in [0.05, 0.1) is 3.57 Å². The predicted octanol–water partition coefficient (Wildman–Crippen LogP) is 4.49. The zero-order valence-electron chi connectivity index (χ0n) is 14.0. The Labute approximate surface area is 147 Å². The van der Waals surface area contributed by atoms with Crippen LogP contribution >= 0.6 is 22.6 Å². The summed E-state index contributed by atoms with van der Waals surface area (Å²) in [5.41, 5.74) is 4.42. The van der Waals surface area contributed by atoms with Crippen LogP contribution in [0.15, 0.2) is 23.8 Å². The summed E-state index contributed by atoms with van der Waals surface area (Å²) in [5, 5.41) is 10.1. The first-order chi connectivity index (χ1) is 10.3. The molecule has 1 aliphatic heterocycles. The summed E-state index contributed by atoms with van der Waals surface area (Å²) in [6.45, 7) is 11.4. The van der Waals surface area contributed by atoms with Crippen LogP contribution in [0.1, 0.15) is 45.2 Å². The Morgan fingerprint density at radius 3 is 2.86 bits per heavy atom. The number of phenolic OH excluding ortho intramolecular Hbond substituents is 1. The monoisotopic (exact) mass is 411 g/mol. The number of fused-ring (bicyclic) bond motifs is 4. The minimum atomic E-state index is 0.196. The van der Waals surface area contributed by atoms with Gasteiger partial charge in [-0.15, -0.1) is 0 Å². The lowest BCUT2D eigenvalue weighted by Crippen LogP contribution is -2.57. The topological polar surface area (TPSA) is 23.5 Å². The quantitative estimate of drug-likeness (QED) is 0.573. The van der Waals surface area contributed by atoms with Crippen LogP contribution in [0.2, 0.25) is 0 Å². The number of nitrogens with zero attached hydrogens (tertiary/aromatic N) is 1. The van der Waals surface area contributed by atoms with Crippen molar-refractivity contribution in [3.05, 3.63) is 38.5 Å². The van der Waals surface area contributed by atoms with Gasteiger partial charge in [0.25, 0.3) is 0 Å². The van der Waals surface area contributed by atoms with Crippen LogP contribution in [0, 0.1) is 9.49 Å². The SMILES string of the molecule is CC(C)=CCN1CC[C@]2(C)c3cc(O)c(I)cc3C[C@H]1[C@H]2C. The van der Waals surface area contributed by atoms with Crippen molar-refractivity contribution in [2.45, 2.75) is 52.0 Å². The number of allylic oxidation sites excluding steroid dienone is 1. The zero-order valence-corrected chi connectivity index (χ0v) is 16.1. The van der Waals surface area contributed by atoms with Crippen LogP contribution in [0.3, 0.4) is 0 Å². The van der Waals surface area contributed by atoms with Crippen molar-refractivity contribution in [3.63, 3.8) is 0 Å². The lowest BCUT2D eigenvalue weighted by molar-refractivity contribution is 0.0396. The third kappa shape index (κ3) is 2.60. The molecule has 0 amide bonds. The molecule has 0 unspecified atom stereocenters. The van der Waals surface area contributed by atoms with E-state index in [2.05, 4.69) is 67.3 Å². The second-order valence-corrected chi connectivity index (χ2v) is 8.63. The molecule has 0 spiro atoms. The highest BCUT2D eigenvalue weighted by atomic mass is 127. The van der Waals surface area contributed by atoms with E-state index in [9.17, 15) is 5.11 Å². The average molecular weight is 411 g/mol. The number of phenols is 1. The van der Waals surface area contributed by atoms with Crippen LogP contribution in [0.25, 0.3) is 0 Å². The van der Waals surface area contributed by atoms with Gasteiger partial charge in [0, 0.05) is 12.6 Å². The Bertz CT molecular complexity index is 620. The van der Waals surface area contributed by atoms with Crippen molar-refractivity contribution in [1.82, 2.24) is 4.90 Å². The zero-order chi connectivity index (χ0) is 16.1. The molecule has 1 aliphatic carbocycles. The van der Waals surface area contributed by atoms with Gasteiger partial charge in [-0.1, -0.05) is 25.5 Å². The van der Waals surface area contributed by atoms with Crippen LogP contribution in [-0.2, 0) is 11.8 Å². The van der Waals surface area contributed by atoms with E-state index in [1.807, 2.05) is 6.07 Å². The molecule has 120 valence electrons. The maximum atomic E-state index is 10.1. The molecule has 22 heavy (non-hydrogen) atoms. The van der Waals surface area contributed by atoms with E-state index >= 15 is 0 Å². The molecule has 0 radical (unpaired) electrons. The van der Waals surface area contributed by atoms with Crippen LogP contribution in [0.5, 0.6) is 5.75 Å². The highest BCUT2D eigenvalue weighted by Crippen LogP contribution is 2.49. The highest BCUT2D eigenvalue weighted by molar-refractivity contribution is 14.1. The molecule has 2 nitrogen and oxygen atoms in total. The van der Waals surface area contributed by atoms with Gasteiger partial charge in [-0.3, -0.25) is 4.90 Å². The van der Waals surface area contributed by atoms with Crippen molar-refractivity contribution in [1.29, 1.82) is 0 Å². The first-order valence-electron chi connectivity index (χ1n) is 8.22. The van der Waals surface area contributed by atoms with Gasteiger partial charge in [-0.05, 0) is 90.4 Å². The minimum Gasteiger partial charge on any atom is -0.507 e. The molecule has 2 aliphatic rings. The Hall–Kier alpha value is -0.550. The molecule has 1 N–H and O–H groups in total. The maximum absolute atomic E-state index is 10.1. The van der Waals surface area contributed by atoms with Gasteiger partial charge in [-0.25, -0.2) is 0 Å². The first-order valence-corrected chi connectivity index (χ1v) is 9.30. The molecule has 2 bridgehead atoms. The van der Waals surface area contributed by atoms with Crippen LogP contribution in [-0.4, -0.2) is 29.1 Å². The minimum absolute atomic E-state index is 0.196. The summed E-state index contributed by atoms with van der Waals surface area (Å²) in [4.78, 5) is 2.65. The average Bonchev–Trinajstić information content (AvgIpc) is 2.44. The van der Waals surface area contributed by atoms with E-state index in [4.69, 9.17) is 0 Å². The number of aromatic hydroxyl groups is 1. The lowest BCUT2D eigenvalue weighted by Gasteiger charge is -2.54. The number of hydrogen-bond acceptors (Lipinski definition) is 2. The largest absolute Gasteiger partial charge is 0.507 e. The van der Waals surface area contributed by atoms with Crippen molar-refractivity contribution >= 4 is 22.6 Å². The predicted molar refractivity (Wildman–Crippen MR) is 100 cm³/mol. The molecule has 1 aromatic carbocycles. The Morgan fingerprint density at radius 1 is 1.45 bits per heavy atom. The molecule has 3 heteroatoms. The molecule has 0 saturated carbocycles. The molecular formula is C19H26INO. The number of rotatable bonds is 2.